The van der Waals surface area contributed by atoms with Gasteiger partial charge in [0.15, 0.2) is 5.78 Å². The molecule has 16 heavy (non-hydrogen) atoms. The maximum atomic E-state index is 11.8. The van der Waals surface area contributed by atoms with Gasteiger partial charge in [0.05, 0.1) is 12.7 Å². The summed E-state index contributed by atoms with van der Waals surface area (Å²) in [6.45, 7) is 0.836. The first kappa shape index (κ1) is 11.3. The lowest BCUT2D eigenvalue weighted by Crippen LogP contribution is -2.20. The second-order valence-corrected chi connectivity index (χ2v) is 4.13. The molecular weight excluding hydrogens is 204 g/mol. The van der Waals surface area contributed by atoms with Gasteiger partial charge < -0.3 is 9.84 Å². The Balaban J connectivity index is 1.79. The van der Waals surface area contributed by atoms with E-state index in [1.807, 2.05) is 6.07 Å². The quantitative estimate of drug-likeness (QED) is 0.587. The van der Waals surface area contributed by atoms with Gasteiger partial charge in [-0.2, -0.15) is 0 Å². The Labute approximate surface area is 95.0 Å². The van der Waals surface area contributed by atoms with Gasteiger partial charge in [-0.1, -0.05) is 30.3 Å². The van der Waals surface area contributed by atoms with E-state index in [0.29, 0.717) is 18.1 Å². The van der Waals surface area contributed by atoms with Crippen molar-refractivity contribution in [2.45, 2.75) is 31.5 Å². The molecule has 0 radical (unpaired) electrons. The highest BCUT2D eigenvalue weighted by Crippen LogP contribution is 2.18. The van der Waals surface area contributed by atoms with Crippen LogP contribution in [0.5, 0.6) is 0 Å². The Bertz CT molecular complexity index is 343. The molecular formula is C13H16O3. The molecule has 1 saturated heterocycles. The highest BCUT2D eigenvalue weighted by Gasteiger charge is 2.23. The third-order valence-electron chi connectivity index (χ3n) is 2.77. The van der Waals surface area contributed by atoms with Crippen LogP contribution in [0.1, 0.15) is 29.6 Å². The Morgan fingerprint density at radius 2 is 2.12 bits per heavy atom. The lowest BCUT2D eigenvalue weighted by molar-refractivity contribution is 0.0724. The van der Waals surface area contributed by atoms with E-state index in [9.17, 15) is 9.90 Å². The van der Waals surface area contributed by atoms with Gasteiger partial charge in [0.2, 0.25) is 0 Å². The fourth-order valence-electron chi connectivity index (χ4n) is 1.70. The van der Waals surface area contributed by atoms with Crippen LogP contribution in [-0.2, 0) is 4.74 Å². The number of ether oxygens (including phenoxy) is 1. The van der Waals surface area contributed by atoms with Crippen LogP contribution in [0.2, 0.25) is 0 Å². The van der Waals surface area contributed by atoms with Crippen molar-refractivity contribution in [2.75, 3.05) is 6.61 Å². The van der Waals surface area contributed by atoms with Crippen molar-refractivity contribution in [3.63, 3.8) is 0 Å². The smallest absolute Gasteiger partial charge is 0.191 e. The van der Waals surface area contributed by atoms with E-state index in [2.05, 4.69) is 0 Å². The van der Waals surface area contributed by atoms with E-state index in [-0.39, 0.29) is 5.78 Å². The molecule has 1 fully saturated rings. The van der Waals surface area contributed by atoms with Gasteiger partial charge in [-0.25, -0.2) is 0 Å². The van der Waals surface area contributed by atoms with E-state index >= 15 is 0 Å². The summed E-state index contributed by atoms with van der Waals surface area (Å²) in [5.74, 6) is -0.183. The summed E-state index contributed by atoms with van der Waals surface area (Å²) in [6.07, 6.45) is 1.80. The number of aliphatic hydroxyl groups excluding tert-OH is 1. The average molecular weight is 220 g/mol. The van der Waals surface area contributed by atoms with Gasteiger partial charge in [0.1, 0.15) is 6.10 Å². The zero-order valence-corrected chi connectivity index (χ0v) is 9.13. The number of carbonyl (C=O) groups excluding carboxylic acids is 1. The lowest BCUT2D eigenvalue weighted by atomic mass is 10.0. The molecule has 0 saturated carbocycles. The number of rotatable bonds is 6. The van der Waals surface area contributed by atoms with E-state index in [0.717, 1.165) is 19.4 Å². The summed E-state index contributed by atoms with van der Waals surface area (Å²) >= 11 is 0. The second kappa shape index (κ2) is 5.23. The number of carbonyl (C=O) groups is 1. The minimum Gasteiger partial charge on any atom is -0.385 e. The molecule has 3 heteroatoms. The predicted molar refractivity (Wildman–Crippen MR) is 60.4 cm³/mol. The maximum Gasteiger partial charge on any atom is 0.191 e. The third kappa shape index (κ3) is 3.15. The molecule has 0 spiro atoms. The summed E-state index contributed by atoms with van der Waals surface area (Å²) < 4.78 is 5.07. The molecule has 2 rings (SSSR count). The summed E-state index contributed by atoms with van der Waals surface area (Å²) in [5, 5.41) is 9.71. The SMILES string of the molecule is O=C(c1ccccc1)C(O)CCCC1CO1. The first-order valence-corrected chi connectivity index (χ1v) is 5.66. The number of hydrogen-bond donors (Lipinski definition) is 1. The van der Waals surface area contributed by atoms with Gasteiger partial charge in [-0.05, 0) is 19.3 Å². The van der Waals surface area contributed by atoms with E-state index in [4.69, 9.17) is 4.74 Å². The van der Waals surface area contributed by atoms with Crippen molar-refractivity contribution in [1.29, 1.82) is 0 Å². The average Bonchev–Trinajstić information content (AvgIpc) is 3.13. The van der Waals surface area contributed by atoms with E-state index in [1.54, 1.807) is 24.3 Å². The zero-order chi connectivity index (χ0) is 11.4. The summed E-state index contributed by atoms with van der Waals surface area (Å²) in [4.78, 5) is 11.8. The first-order chi connectivity index (χ1) is 7.77. The number of aliphatic hydroxyl groups is 1. The summed E-state index contributed by atoms with van der Waals surface area (Å²) in [6, 6.07) is 8.93. The second-order valence-electron chi connectivity index (χ2n) is 4.13. The zero-order valence-electron chi connectivity index (χ0n) is 9.13. The highest BCUT2D eigenvalue weighted by molar-refractivity contribution is 5.99. The van der Waals surface area contributed by atoms with Crippen LogP contribution < -0.4 is 0 Å². The lowest BCUT2D eigenvalue weighted by Gasteiger charge is -2.08. The normalized spacial score (nSPS) is 20.4. The van der Waals surface area contributed by atoms with Crippen LogP contribution in [-0.4, -0.2) is 29.7 Å². The number of Topliss-reactive ketones (excluding diaryl/α,β-unsaturated/α-hetero) is 1. The molecule has 0 aliphatic carbocycles. The molecule has 1 aliphatic rings. The Hall–Kier alpha value is -1.19. The molecule has 1 heterocycles. The van der Waals surface area contributed by atoms with Crippen molar-refractivity contribution in [2.24, 2.45) is 0 Å². The number of hydrogen-bond acceptors (Lipinski definition) is 3. The van der Waals surface area contributed by atoms with Crippen LogP contribution in [0.15, 0.2) is 30.3 Å². The molecule has 0 aromatic heterocycles. The Morgan fingerprint density at radius 1 is 1.44 bits per heavy atom. The van der Waals surface area contributed by atoms with Crippen molar-refractivity contribution >= 4 is 5.78 Å². The van der Waals surface area contributed by atoms with Crippen LogP contribution in [0.25, 0.3) is 0 Å². The molecule has 1 aromatic carbocycles. The van der Waals surface area contributed by atoms with Crippen molar-refractivity contribution in [1.82, 2.24) is 0 Å². The van der Waals surface area contributed by atoms with Gasteiger partial charge in [0.25, 0.3) is 0 Å². The molecule has 0 amide bonds. The van der Waals surface area contributed by atoms with Crippen molar-refractivity contribution < 1.29 is 14.6 Å². The van der Waals surface area contributed by atoms with Crippen LogP contribution >= 0.6 is 0 Å². The minimum atomic E-state index is -0.874. The topological polar surface area (TPSA) is 49.8 Å². The van der Waals surface area contributed by atoms with Crippen LogP contribution in [0, 0.1) is 0 Å². The minimum absolute atomic E-state index is 0.183. The van der Waals surface area contributed by atoms with E-state index < -0.39 is 6.10 Å². The van der Waals surface area contributed by atoms with Gasteiger partial charge in [-0.15, -0.1) is 0 Å². The molecule has 1 N–H and O–H groups in total. The van der Waals surface area contributed by atoms with E-state index in [1.165, 1.54) is 0 Å². The standard InChI is InChI=1S/C13H16O3/c14-12(8-4-7-11-9-16-11)13(15)10-5-2-1-3-6-10/h1-3,5-6,11-12,14H,4,7-9H2. The number of ketones is 1. The molecule has 86 valence electrons. The number of epoxide rings is 1. The molecule has 2 unspecified atom stereocenters. The van der Waals surface area contributed by atoms with Crippen LogP contribution in [0.4, 0.5) is 0 Å². The highest BCUT2D eigenvalue weighted by atomic mass is 16.6. The Morgan fingerprint density at radius 3 is 2.75 bits per heavy atom. The first-order valence-electron chi connectivity index (χ1n) is 5.66. The molecule has 3 nitrogen and oxygen atoms in total. The van der Waals surface area contributed by atoms with Gasteiger partial charge in [0, 0.05) is 5.56 Å². The maximum absolute atomic E-state index is 11.8. The molecule has 1 aromatic rings. The van der Waals surface area contributed by atoms with Crippen molar-refractivity contribution in [3.05, 3.63) is 35.9 Å². The van der Waals surface area contributed by atoms with Crippen molar-refractivity contribution in [3.8, 4) is 0 Å². The summed E-state index contributed by atoms with van der Waals surface area (Å²) in [7, 11) is 0. The predicted octanol–water partition coefficient (Wildman–Crippen LogP) is 1.80. The number of benzene rings is 1. The summed E-state index contributed by atoms with van der Waals surface area (Å²) in [5.41, 5.74) is 0.581. The largest absolute Gasteiger partial charge is 0.385 e. The third-order valence-corrected chi connectivity index (χ3v) is 2.77. The van der Waals surface area contributed by atoms with Gasteiger partial charge >= 0.3 is 0 Å². The molecule has 1 aliphatic heterocycles. The molecule has 0 bridgehead atoms. The fourth-order valence-corrected chi connectivity index (χ4v) is 1.70. The van der Waals surface area contributed by atoms with Gasteiger partial charge in [-0.3, -0.25) is 4.79 Å². The monoisotopic (exact) mass is 220 g/mol. The van der Waals surface area contributed by atoms with Crippen LogP contribution in [0.3, 0.4) is 0 Å². The Kier molecular flexibility index (Phi) is 3.70. The molecule has 2 atom stereocenters. The fraction of sp³-hybridized carbons (Fsp3) is 0.462.